The van der Waals surface area contributed by atoms with Gasteiger partial charge < -0.3 is 4.74 Å². The number of carbonyl (C=O) groups is 1. The number of nitrogens with zero attached hydrogens (tertiary/aromatic N) is 1. The molecule has 0 N–H and O–H groups in total. The van der Waals surface area contributed by atoms with Crippen molar-refractivity contribution >= 4 is 29.1 Å². The van der Waals surface area contributed by atoms with Gasteiger partial charge in [-0.3, -0.25) is 4.84 Å². The molecule has 1 saturated heterocycles. The fourth-order valence-electron chi connectivity index (χ4n) is 3.82. The molecule has 0 atom stereocenters. The van der Waals surface area contributed by atoms with Crippen molar-refractivity contribution in [1.82, 2.24) is 5.06 Å². The molecule has 1 aliphatic heterocycles. The van der Waals surface area contributed by atoms with Crippen LogP contribution in [0.2, 0.25) is 0 Å². The van der Waals surface area contributed by atoms with Gasteiger partial charge >= 0.3 is 5.97 Å². The second-order valence-corrected chi connectivity index (χ2v) is 7.27. The molecule has 4 rings (SSSR count). The normalized spacial score (nSPS) is 15.1. The number of carbonyl (C=O) groups excluding carboxylic acids is 1. The minimum absolute atomic E-state index is 0. The van der Waals surface area contributed by atoms with Gasteiger partial charge in [0.2, 0.25) is 0 Å². The number of hydroxylamine groups is 2. The Morgan fingerprint density at radius 2 is 1.66 bits per heavy atom. The zero-order chi connectivity index (χ0) is 19.3. The van der Waals surface area contributed by atoms with Crippen LogP contribution in [0.25, 0.3) is 10.8 Å². The predicted molar refractivity (Wildman–Crippen MR) is 117 cm³/mol. The third kappa shape index (κ3) is 5.15. The lowest BCUT2D eigenvalue weighted by Gasteiger charge is -2.31. The Bertz CT molecular complexity index is 950. The summed E-state index contributed by atoms with van der Waals surface area (Å²) in [4.78, 5) is 17.6. The first kappa shape index (κ1) is 21.3. The van der Waals surface area contributed by atoms with Crippen LogP contribution in [0.1, 0.15) is 40.2 Å². The first-order valence-electron chi connectivity index (χ1n) is 9.77. The molecule has 0 aromatic heterocycles. The van der Waals surface area contributed by atoms with Gasteiger partial charge in [-0.15, -0.1) is 12.4 Å². The number of fused-ring (bicyclic) bond motifs is 1. The summed E-state index contributed by atoms with van der Waals surface area (Å²) >= 11 is 0. The number of ether oxygens (including phenoxy) is 1. The maximum absolute atomic E-state index is 11.6. The fraction of sp³-hybridized carbons (Fsp3) is 0.292. The van der Waals surface area contributed by atoms with E-state index in [4.69, 9.17) is 9.57 Å². The molecule has 3 aromatic carbocycles. The van der Waals surface area contributed by atoms with E-state index in [0.29, 0.717) is 18.1 Å². The molecule has 152 valence electrons. The molecule has 0 saturated carbocycles. The number of methoxy groups -OCH3 is 1. The molecule has 0 spiro atoms. The van der Waals surface area contributed by atoms with Crippen molar-refractivity contribution in [2.75, 3.05) is 20.2 Å². The van der Waals surface area contributed by atoms with Crippen molar-refractivity contribution in [1.29, 1.82) is 0 Å². The first-order valence-corrected chi connectivity index (χ1v) is 9.77. The summed E-state index contributed by atoms with van der Waals surface area (Å²) < 4.78 is 4.76. The highest BCUT2D eigenvalue weighted by Gasteiger charge is 2.21. The molecule has 0 unspecified atom stereocenters. The van der Waals surface area contributed by atoms with Gasteiger partial charge in [0.25, 0.3) is 0 Å². The number of rotatable bonds is 5. The van der Waals surface area contributed by atoms with Crippen molar-refractivity contribution < 1.29 is 14.4 Å². The largest absolute Gasteiger partial charge is 0.465 e. The van der Waals surface area contributed by atoms with E-state index in [1.807, 2.05) is 24.3 Å². The Labute approximate surface area is 177 Å². The zero-order valence-corrected chi connectivity index (χ0v) is 17.4. The summed E-state index contributed by atoms with van der Waals surface area (Å²) in [6, 6.07) is 22.7. The SMILES string of the molecule is COC(=O)c1ccc(C2CCN(OCc3ccc4ccccc4c3)CC2)cc1.Cl. The van der Waals surface area contributed by atoms with Gasteiger partial charge in [0.1, 0.15) is 0 Å². The van der Waals surface area contributed by atoms with Gasteiger partial charge in [-0.2, -0.15) is 5.06 Å². The Kier molecular flexibility index (Phi) is 7.26. The molecule has 0 bridgehead atoms. The topological polar surface area (TPSA) is 38.8 Å². The van der Waals surface area contributed by atoms with E-state index in [-0.39, 0.29) is 18.4 Å². The van der Waals surface area contributed by atoms with Crippen molar-refractivity contribution in [3.63, 3.8) is 0 Å². The Morgan fingerprint density at radius 1 is 0.966 bits per heavy atom. The highest BCUT2D eigenvalue weighted by molar-refractivity contribution is 5.89. The van der Waals surface area contributed by atoms with Crippen LogP contribution in [-0.2, 0) is 16.2 Å². The lowest BCUT2D eigenvalue weighted by molar-refractivity contribution is -0.180. The third-order valence-electron chi connectivity index (χ3n) is 5.48. The second-order valence-electron chi connectivity index (χ2n) is 7.27. The Balaban J connectivity index is 0.00000240. The van der Waals surface area contributed by atoms with Crippen LogP contribution >= 0.6 is 12.4 Å². The molecule has 1 fully saturated rings. The maximum Gasteiger partial charge on any atom is 0.337 e. The van der Waals surface area contributed by atoms with Gasteiger partial charge in [-0.05, 0) is 58.9 Å². The standard InChI is InChI=1S/C24H25NO3.ClH/c1-27-24(26)22-10-8-20(9-11-22)21-12-14-25(15-13-21)28-17-18-6-7-19-4-2-3-5-23(19)16-18;/h2-11,16,21H,12-15,17H2,1H3;1H. The average molecular weight is 412 g/mol. The Morgan fingerprint density at radius 3 is 2.34 bits per heavy atom. The van der Waals surface area contributed by atoms with E-state index in [9.17, 15) is 4.79 Å². The molecule has 4 nitrogen and oxygen atoms in total. The number of hydrogen-bond acceptors (Lipinski definition) is 4. The summed E-state index contributed by atoms with van der Waals surface area (Å²) in [5.41, 5.74) is 3.07. The highest BCUT2D eigenvalue weighted by atomic mass is 35.5. The minimum atomic E-state index is -0.288. The van der Waals surface area contributed by atoms with Crippen molar-refractivity contribution in [2.45, 2.75) is 25.4 Å². The van der Waals surface area contributed by atoms with Gasteiger partial charge in [0, 0.05) is 13.1 Å². The smallest absolute Gasteiger partial charge is 0.337 e. The summed E-state index contributed by atoms with van der Waals surface area (Å²) in [5.74, 6) is 0.218. The fourth-order valence-corrected chi connectivity index (χ4v) is 3.82. The van der Waals surface area contributed by atoms with E-state index in [1.165, 1.54) is 29.0 Å². The molecule has 5 heteroatoms. The summed E-state index contributed by atoms with van der Waals surface area (Å²) in [5, 5.41) is 4.58. The van der Waals surface area contributed by atoms with Crippen LogP contribution < -0.4 is 0 Å². The van der Waals surface area contributed by atoms with Gasteiger partial charge in [0.15, 0.2) is 0 Å². The van der Waals surface area contributed by atoms with Crippen LogP contribution in [0.5, 0.6) is 0 Å². The van der Waals surface area contributed by atoms with E-state index in [1.54, 1.807) is 0 Å². The van der Waals surface area contributed by atoms with E-state index >= 15 is 0 Å². The molecular formula is C24H26ClNO3. The quantitative estimate of drug-likeness (QED) is 0.530. The maximum atomic E-state index is 11.6. The van der Waals surface area contributed by atoms with Crippen molar-refractivity contribution in [3.8, 4) is 0 Å². The van der Waals surface area contributed by atoms with Crippen LogP contribution in [-0.4, -0.2) is 31.2 Å². The van der Waals surface area contributed by atoms with Gasteiger partial charge in [-0.25, -0.2) is 4.79 Å². The molecule has 29 heavy (non-hydrogen) atoms. The second kappa shape index (κ2) is 9.88. The van der Waals surface area contributed by atoms with Crippen molar-refractivity contribution in [2.24, 2.45) is 0 Å². The Hall–Kier alpha value is -2.40. The number of benzene rings is 3. The van der Waals surface area contributed by atoms with Crippen molar-refractivity contribution in [3.05, 3.63) is 83.4 Å². The molecule has 1 aliphatic rings. The number of piperidine rings is 1. The van der Waals surface area contributed by atoms with Crippen LogP contribution in [0.4, 0.5) is 0 Å². The summed E-state index contributed by atoms with van der Waals surface area (Å²) in [6.07, 6.45) is 2.10. The summed E-state index contributed by atoms with van der Waals surface area (Å²) in [7, 11) is 1.41. The van der Waals surface area contributed by atoms with Crippen LogP contribution in [0.15, 0.2) is 66.7 Å². The van der Waals surface area contributed by atoms with Crippen LogP contribution in [0, 0.1) is 0 Å². The molecule has 3 aromatic rings. The van der Waals surface area contributed by atoms with E-state index in [0.717, 1.165) is 25.9 Å². The number of halogens is 1. The van der Waals surface area contributed by atoms with E-state index in [2.05, 4.69) is 47.5 Å². The lowest BCUT2D eigenvalue weighted by atomic mass is 9.89. The van der Waals surface area contributed by atoms with Gasteiger partial charge in [0.05, 0.1) is 19.3 Å². The molecular weight excluding hydrogens is 386 g/mol. The molecule has 0 aliphatic carbocycles. The van der Waals surface area contributed by atoms with E-state index < -0.39 is 0 Å². The number of hydrogen-bond donors (Lipinski definition) is 0. The highest BCUT2D eigenvalue weighted by Crippen LogP contribution is 2.28. The minimum Gasteiger partial charge on any atom is -0.465 e. The van der Waals surface area contributed by atoms with Gasteiger partial charge in [-0.1, -0.05) is 48.5 Å². The summed E-state index contributed by atoms with van der Waals surface area (Å²) in [6.45, 7) is 2.43. The third-order valence-corrected chi connectivity index (χ3v) is 5.48. The molecule has 0 amide bonds. The van der Waals surface area contributed by atoms with Crippen LogP contribution in [0.3, 0.4) is 0 Å². The number of esters is 1. The average Bonchev–Trinajstić information content (AvgIpc) is 2.77. The lowest BCUT2D eigenvalue weighted by Crippen LogP contribution is -2.32. The predicted octanol–water partition coefficient (Wildman–Crippen LogP) is 5.36. The first-order chi connectivity index (χ1) is 13.7. The molecule has 0 radical (unpaired) electrons. The zero-order valence-electron chi connectivity index (χ0n) is 16.5. The monoisotopic (exact) mass is 411 g/mol. The molecule has 1 heterocycles.